The van der Waals surface area contributed by atoms with Gasteiger partial charge in [0.2, 0.25) is 0 Å². The molecule has 2 aromatic carbocycles. The molecule has 3 heteroatoms. The largest absolute Gasteiger partial charge is 0.488 e. The van der Waals surface area contributed by atoms with Crippen molar-refractivity contribution < 1.29 is 14.3 Å². The molecule has 0 heterocycles. The van der Waals surface area contributed by atoms with Gasteiger partial charge in [-0.15, -0.1) is 0 Å². The van der Waals surface area contributed by atoms with E-state index in [4.69, 9.17) is 9.47 Å². The van der Waals surface area contributed by atoms with Crippen molar-refractivity contribution in [3.05, 3.63) is 58.7 Å². The van der Waals surface area contributed by atoms with Crippen molar-refractivity contribution in [2.75, 3.05) is 0 Å². The van der Waals surface area contributed by atoms with Gasteiger partial charge in [0.05, 0.1) is 0 Å². The summed E-state index contributed by atoms with van der Waals surface area (Å²) in [6.07, 6.45) is 4.72. The molecule has 138 valence electrons. The Bertz CT molecular complexity index is 775. The molecule has 3 rings (SSSR count). The summed E-state index contributed by atoms with van der Waals surface area (Å²) in [5.41, 5.74) is 4.82. The summed E-state index contributed by atoms with van der Waals surface area (Å²) in [4.78, 5) is 11.8. The molecule has 0 bridgehead atoms. The Labute approximate surface area is 156 Å². The van der Waals surface area contributed by atoms with Gasteiger partial charge in [-0.3, -0.25) is 4.79 Å². The van der Waals surface area contributed by atoms with Crippen molar-refractivity contribution >= 4 is 5.97 Å². The highest BCUT2D eigenvalue weighted by Gasteiger charge is 2.28. The Balaban J connectivity index is 1.85. The zero-order valence-corrected chi connectivity index (χ0v) is 16.0. The van der Waals surface area contributed by atoms with Crippen LogP contribution in [0.1, 0.15) is 68.2 Å². The summed E-state index contributed by atoms with van der Waals surface area (Å²) in [5.74, 6) is 1.93. The number of carbonyl (C=O) groups is 1. The van der Waals surface area contributed by atoms with Crippen LogP contribution in [0.4, 0.5) is 0 Å². The van der Waals surface area contributed by atoms with Crippen LogP contribution in [0.5, 0.6) is 11.5 Å². The molecule has 0 atom stereocenters. The molecule has 0 unspecified atom stereocenters. The minimum atomic E-state index is -0.208. The van der Waals surface area contributed by atoms with Crippen LogP contribution in [0.15, 0.2) is 36.4 Å². The van der Waals surface area contributed by atoms with Crippen LogP contribution in [-0.2, 0) is 24.2 Å². The predicted molar refractivity (Wildman–Crippen MR) is 104 cm³/mol. The van der Waals surface area contributed by atoms with Gasteiger partial charge >= 0.3 is 5.97 Å². The third-order valence-electron chi connectivity index (χ3n) is 4.98. The molecule has 1 fully saturated rings. The smallest absolute Gasteiger partial charge is 0.310 e. The Kier molecular flexibility index (Phi) is 5.97. The third kappa shape index (κ3) is 4.27. The molecule has 0 N–H and O–H groups in total. The van der Waals surface area contributed by atoms with Crippen LogP contribution in [0.25, 0.3) is 0 Å². The quantitative estimate of drug-likeness (QED) is 0.459. The number of rotatable bonds is 8. The van der Waals surface area contributed by atoms with E-state index >= 15 is 0 Å². The number of aryl methyl sites for hydroxylation is 2. The van der Waals surface area contributed by atoms with E-state index < -0.39 is 0 Å². The summed E-state index contributed by atoms with van der Waals surface area (Å²) in [6.45, 7) is 6.55. The van der Waals surface area contributed by atoms with Gasteiger partial charge in [0.15, 0.2) is 0 Å². The molecular weight excluding hydrogens is 324 g/mol. The van der Waals surface area contributed by atoms with Crippen LogP contribution < -0.4 is 9.47 Å². The lowest BCUT2D eigenvalue weighted by molar-refractivity contribution is -0.134. The van der Waals surface area contributed by atoms with Gasteiger partial charge in [-0.2, -0.15) is 0 Å². The molecule has 0 aliphatic heterocycles. The molecule has 1 saturated carbocycles. The summed E-state index contributed by atoms with van der Waals surface area (Å²) < 4.78 is 11.8. The zero-order valence-electron chi connectivity index (χ0n) is 16.0. The van der Waals surface area contributed by atoms with Crippen LogP contribution in [0, 0.1) is 0 Å². The van der Waals surface area contributed by atoms with Gasteiger partial charge in [0.25, 0.3) is 0 Å². The van der Waals surface area contributed by atoms with Crippen LogP contribution in [-0.4, -0.2) is 5.97 Å². The van der Waals surface area contributed by atoms with Gasteiger partial charge in [-0.1, -0.05) is 45.0 Å². The number of carbonyl (C=O) groups excluding carboxylic acids is 1. The lowest BCUT2D eigenvalue weighted by Gasteiger charge is -2.17. The number of hydrogen-bond donors (Lipinski definition) is 0. The molecule has 0 radical (unpaired) electrons. The average molecular weight is 352 g/mol. The van der Waals surface area contributed by atoms with Crippen LogP contribution >= 0.6 is 0 Å². The van der Waals surface area contributed by atoms with E-state index in [-0.39, 0.29) is 5.97 Å². The normalized spacial score (nSPS) is 13.5. The van der Waals surface area contributed by atoms with E-state index in [1.54, 1.807) is 0 Å². The highest BCUT2D eigenvalue weighted by Crippen LogP contribution is 2.44. The fraction of sp³-hybridized carbons (Fsp3) is 0.435. The van der Waals surface area contributed by atoms with E-state index in [2.05, 4.69) is 38.1 Å². The van der Waals surface area contributed by atoms with E-state index in [9.17, 15) is 4.79 Å². The van der Waals surface area contributed by atoms with Crippen molar-refractivity contribution in [1.29, 1.82) is 0 Å². The van der Waals surface area contributed by atoms with Gasteiger partial charge in [-0.05, 0) is 60.4 Å². The van der Waals surface area contributed by atoms with Gasteiger partial charge in [-0.25, -0.2) is 0 Å². The molecule has 0 saturated heterocycles. The Morgan fingerprint density at radius 2 is 1.85 bits per heavy atom. The topological polar surface area (TPSA) is 35.5 Å². The predicted octanol–water partition coefficient (Wildman–Crippen LogP) is 5.58. The Hall–Kier alpha value is -2.29. The Morgan fingerprint density at radius 1 is 1.04 bits per heavy atom. The van der Waals surface area contributed by atoms with Crippen molar-refractivity contribution in [3.63, 3.8) is 0 Å². The average Bonchev–Trinajstić information content (AvgIpc) is 3.51. The van der Waals surface area contributed by atoms with Gasteiger partial charge in [0, 0.05) is 12.0 Å². The highest BCUT2D eigenvalue weighted by molar-refractivity contribution is 5.72. The first-order valence-electron chi connectivity index (χ1n) is 9.73. The SMILES string of the molecule is CCC(=O)Oc1cccc(C2CC2)c1COc1ccc(CC)cc1CC. The summed E-state index contributed by atoms with van der Waals surface area (Å²) in [5, 5.41) is 0. The Morgan fingerprint density at radius 3 is 2.50 bits per heavy atom. The molecule has 1 aliphatic rings. The second-order valence-corrected chi connectivity index (χ2v) is 6.86. The highest BCUT2D eigenvalue weighted by atomic mass is 16.5. The molecule has 0 spiro atoms. The van der Waals surface area contributed by atoms with Gasteiger partial charge < -0.3 is 9.47 Å². The maximum atomic E-state index is 11.8. The number of benzene rings is 2. The molecule has 0 aromatic heterocycles. The van der Waals surface area contributed by atoms with Crippen LogP contribution in [0.2, 0.25) is 0 Å². The maximum absolute atomic E-state index is 11.8. The molecular formula is C23H28O3. The monoisotopic (exact) mass is 352 g/mol. The summed E-state index contributed by atoms with van der Waals surface area (Å²) in [6, 6.07) is 12.4. The van der Waals surface area contributed by atoms with E-state index in [0.717, 1.165) is 24.2 Å². The van der Waals surface area contributed by atoms with Crippen molar-refractivity contribution in [3.8, 4) is 11.5 Å². The first kappa shape index (κ1) is 18.5. The van der Waals surface area contributed by atoms with E-state index in [1.807, 2.05) is 19.1 Å². The number of ether oxygens (including phenoxy) is 2. The second kappa shape index (κ2) is 8.39. The molecule has 1 aliphatic carbocycles. The fourth-order valence-corrected chi connectivity index (χ4v) is 3.22. The maximum Gasteiger partial charge on any atom is 0.310 e. The summed E-state index contributed by atoms with van der Waals surface area (Å²) in [7, 11) is 0. The molecule has 26 heavy (non-hydrogen) atoms. The first-order chi connectivity index (χ1) is 12.7. The molecule has 3 nitrogen and oxygen atoms in total. The minimum Gasteiger partial charge on any atom is -0.488 e. The first-order valence-corrected chi connectivity index (χ1v) is 9.73. The molecule has 0 amide bonds. The van der Waals surface area contributed by atoms with Crippen molar-refractivity contribution in [2.45, 2.75) is 65.4 Å². The third-order valence-corrected chi connectivity index (χ3v) is 4.98. The van der Waals surface area contributed by atoms with E-state index in [1.165, 1.54) is 29.5 Å². The van der Waals surface area contributed by atoms with Crippen molar-refractivity contribution in [2.24, 2.45) is 0 Å². The minimum absolute atomic E-state index is 0.208. The number of hydrogen-bond acceptors (Lipinski definition) is 3. The van der Waals surface area contributed by atoms with E-state index in [0.29, 0.717) is 24.7 Å². The summed E-state index contributed by atoms with van der Waals surface area (Å²) >= 11 is 0. The van der Waals surface area contributed by atoms with Gasteiger partial charge in [0.1, 0.15) is 18.1 Å². The lowest BCUT2D eigenvalue weighted by Crippen LogP contribution is -2.10. The van der Waals surface area contributed by atoms with Crippen molar-refractivity contribution in [1.82, 2.24) is 0 Å². The second-order valence-electron chi connectivity index (χ2n) is 6.86. The number of esters is 1. The zero-order chi connectivity index (χ0) is 18.5. The fourth-order valence-electron chi connectivity index (χ4n) is 3.22. The standard InChI is InChI=1S/C23H28O3/c1-4-16-10-13-21(17(5-2)14-16)25-15-20-19(18-11-12-18)8-7-9-22(20)26-23(24)6-3/h7-10,13-14,18H,4-6,11-12,15H2,1-3H3. The lowest BCUT2D eigenvalue weighted by atomic mass is 10.0. The molecule has 2 aromatic rings. The van der Waals surface area contributed by atoms with Crippen LogP contribution in [0.3, 0.4) is 0 Å².